The highest BCUT2D eigenvalue weighted by Gasteiger charge is 2.27. The summed E-state index contributed by atoms with van der Waals surface area (Å²) in [5, 5.41) is 0. The SMILES string of the molecule is O=C1CCCN1C(=O)c1ccc(-c2ccccc2)cc1. The first-order valence-corrected chi connectivity index (χ1v) is 6.76. The molecule has 1 saturated heterocycles. The van der Waals surface area contributed by atoms with Gasteiger partial charge in [0.15, 0.2) is 0 Å². The summed E-state index contributed by atoms with van der Waals surface area (Å²) in [6, 6.07) is 17.4. The topological polar surface area (TPSA) is 37.4 Å². The Labute approximate surface area is 117 Å². The van der Waals surface area contributed by atoms with Crippen LogP contribution in [0, 0.1) is 0 Å². The number of carbonyl (C=O) groups excluding carboxylic acids is 2. The van der Waals surface area contributed by atoms with E-state index in [1.807, 2.05) is 42.5 Å². The summed E-state index contributed by atoms with van der Waals surface area (Å²) in [4.78, 5) is 25.1. The second-order valence-electron chi connectivity index (χ2n) is 4.90. The van der Waals surface area contributed by atoms with Crippen molar-refractivity contribution in [3.05, 3.63) is 60.2 Å². The third-order valence-electron chi connectivity index (χ3n) is 3.56. The molecule has 3 heteroatoms. The molecule has 0 saturated carbocycles. The second-order valence-corrected chi connectivity index (χ2v) is 4.90. The summed E-state index contributed by atoms with van der Waals surface area (Å²) in [5.41, 5.74) is 2.75. The molecule has 3 rings (SSSR count). The van der Waals surface area contributed by atoms with Crippen LogP contribution in [-0.2, 0) is 4.79 Å². The van der Waals surface area contributed by atoms with Gasteiger partial charge in [-0.3, -0.25) is 14.5 Å². The van der Waals surface area contributed by atoms with Crippen molar-refractivity contribution in [3.63, 3.8) is 0 Å². The highest BCUT2D eigenvalue weighted by atomic mass is 16.2. The number of hydrogen-bond donors (Lipinski definition) is 0. The lowest BCUT2D eigenvalue weighted by molar-refractivity contribution is -0.125. The van der Waals surface area contributed by atoms with E-state index >= 15 is 0 Å². The Morgan fingerprint density at radius 2 is 1.55 bits per heavy atom. The van der Waals surface area contributed by atoms with Gasteiger partial charge in [0, 0.05) is 18.5 Å². The Bertz CT molecular complexity index is 632. The number of amides is 2. The molecule has 1 aliphatic heterocycles. The Balaban J connectivity index is 1.83. The van der Waals surface area contributed by atoms with E-state index in [0.29, 0.717) is 18.5 Å². The maximum absolute atomic E-state index is 12.2. The summed E-state index contributed by atoms with van der Waals surface area (Å²) in [7, 11) is 0. The molecule has 3 nitrogen and oxygen atoms in total. The highest BCUT2D eigenvalue weighted by molar-refractivity contribution is 6.05. The summed E-state index contributed by atoms with van der Waals surface area (Å²) in [6.45, 7) is 0.540. The van der Waals surface area contributed by atoms with Crippen molar-refractivity contribution in [2.75, 3.05) is 6.54 Å². The van der Waals surface area contributed by atoms with Crippen LogP contribution in [0.1, 0.15) is 23.2 Å². The van der Waals surface area contributed by atoms with E-state index in [0.717, 1.165) is 17.5 Å². The van der Waals surface area contributed by atoms with Gasteiger partial charge in [-0.15, -0.1) is 0 Å². The lowest BCUT2D eigenvalue weighted by Crippen LogP contribution is -2.31. The molecule has 0 radical (unpaired) electrons. The van der Waals surface area contributed by atoms with Crippen LogP contribution in [0.4, 0.5) is 0 Å². The molecule has 1 heterocycles. The van der Waals surface area contributed by atoms with E-state index < -0.39 is 0 Å². The number of nitrogens with zero attached hydrogens (tertiary/aromatic N) is 1. The zero-order valence-corrected chi connectivity index (χ0v) is 11.1. The van der Waals surface area contributed by atoms with Gasteiger partial charge in [-0.25, -0.2) is 0 Å². The number of imide groups is 1. The minimum absolute atomic E-state index is 0.0675. The van der Waals surface area contributed by atoms with Crippen LogP contribution >= 0.6 is 0 Å². The van der Waals surface area contributed by atoms with Crippen molar-refractivity contribution >= 4 is 11.8 Å². The van der Waals surface area contributed by atoms with E-state index in [4.69, 9.17) is 0 Å². The summed E-state index contributed by atoms with van der Waals surface area (Å²) < 4.78 is 0. The molecule has 0 atom stereocenters. The number of carbonyl (C=O) groups is 2. The molecule has 2 amide bonds. The third kappa shape index (κ3) is 2.35. The van der Waals surface area contributed by atoms with Crippen LogP contribution in [0.15, 0.2) is 54.6 Å². The number of likely N-dealkylation sites (tertiary alicyclic amines) is 1. The Morgan fingerprint density at radius 3 is 2.15 bits per heavy atom. The molecule has 2 aromatic rings. The maximum Gasteiger partial charge on any atom is 0.260 e. The van der Waals surface area contributed by atoms with Gasteiger partial charge in [-0.1, -0.05) is 42.5 Å². The van der Waals surface area contributed by atoms with Crippen LogP contribution in [0.25, 0.3) is 11.1 Å². The summed E-state index contributed by atoms with van der Waals surface area (Å²) >= 11 is 0. The molecule has 0 spiro atoms. The van der Waals surface area contributed by atoms with Crippen LogP contribution in [0.3, 0.4) is 0 Å². The van der Waals surface area contributed by atoms with E-state index in [9.17, 15) is 9.59 Å². The molecule has 100 valence electrons. The smallest absolute Gasteiger partial charge is 0.260 e. The van der Waals surface area contributed by atoms with Crippen LogP contribution < -0.4 is 0 Å². The van der Waals surface area contributed by atoms with E-state index in [-0.39, 0.29) is 11.8 Å². The standard InChI is InChI=1S/C17H15NO2/c19-16-7-4-12-18(16)17(20)15-10-8-14(9-11-15)13-5-2-1-3-6-13/h1-3,5-6,8-11H,4,7,12H2. The van der Waals surface area contributed by atoms with Crippen LogP contribution in [0.5, 0.6) is 0 Å². The molecule has 2 aromatic carbocycles. The van der Waals surface area contributed by atoms with Crippen molar-refractivity contribution in [1.29, 1.82) is 0 Å². The molecule has 20 heavy (non-hydrogen) atoms. The van der Waals surface area contributed by atoms with Crippen molar-refractivity contribution in [1.82, 2.24) is 4.90 Å². The first-order chi connectivity index (χ1) is 9.75. The Hall–Kier alpha value is -2.42. The quantitative estimate of drug-likeness (QED) is 0.782. The molecule has 0 N–H and O–H groups in total. The zero-order valence-electron chi connectivity index (χ0n) is 11.1. The molecule has 0 aromatic heterocycles. The van der Waals surface area contributed by atoms with Crippen LogP contribution in [-0.4, -0.2) is 23.3 Å². The predicted molar refractivity (Wildman–Crippen MR) is 77.2 cm³/mol. The molecular formula is C17H15NO2. The fraction of sp³-hybridized carbons (Fsp3) is 0.176. The molecule has 0 bridgehead atoms. The zero-order chi connectivity index (χ0) is 13.9. The molecule has 1 fully saturated rings. The third-order valence-corrected chi connectivity index (χ3v) is 3.56. The van der Waals surface area contributed by atoms with Crippen molar-refractivity contribution in [2.24, 2.45) is 0 Å². The van der Waals surface area contributed by atoms with Gasteiger partial charge < -0.3 is 0 Å². The fourth-order valence-corrected chi connectivity index (χ4v) is 2.45. The van der Waals surface area contributed by atoms with E-state index in [1.165, 1.54) is 4.90 Å². The predicted octanol–water partition coefficient (Wildman–Crippen LogP) is 3.12. The van der Waals surface area contributed by atoms with Crippen molar-refractivity contribution in [2.45, 2.75) is 12.8 Å². The normalized spacial score (nSPS) is 14.6. The lowest BCUT2D eigenvalue weighted by Gasteiger charge is -2.13. The average Bonchev–Trinajstić information content (AvgIpc) is 2.94. The summed E-state index contributed by atoms with van der Waals surface area (Å²) in [6.07, 6.45) is 1.25. The fourth-order valence-electron chi connectivity index (χ4n) is 2.45. The minimum atomic E-state index is -0.188. The monoisotopic (exact) mass is 265 g/mol. The maximum atomic E-state index is 12.2. The van der Waals surface area contributed by atoms with Gasteiger partial charge >= 0.3 is 0 Å². The summed E-state index contributed by atoms with van der Waals surface area (Å²) in [5.74, 6) is -0.255. The van der Waals surface area contributed by atoms with Gasteiger partial charge in [0.25, 0.3) is 5.91 Å². The highest BCUT2D eigenvalue weighted by Crippen LogP contribution is 2.21. The number of benzene rings is 2. The number of hydrogen-bond acceptors (Lipinski definition) is 2. The van der Waals surface area contributed by atoms with E-state index in [2.05, 4.69) is 0 Å². The Morgan fingerprint density at radius 1 is 0.900 bits per heavy atom. The van der Waals surface area contributed by atoms with Crippen LogP contribution in [0.2, 0.25) is 0 Å². The second kappa shape index (κ2) is 5.29. The van der Waals surface area contributed by atoms with Gasteiger partial charge in [0.1, 0.15) is 0 Å². The number of rotatable bonds is 2. The molecule has 0 aliphatic carbocycles. The minimum Gasteiger partial charge on any atom is -0.279 e. The largest absolute Gasteiger partial charge is 0.279 e. The molecular weight excluding hydrogens is 250 g/mol. The molecule has 1 aliphatic rings. The van der Waals surface area contributed by atoms with E-state index in [1.54, 1.807) is 12.1 Å². The first kappa shape index (κ1) is 12.6. The lowest BCUT2D eigenvalue weighted by atomic mass is 10.0. The average molecular weight is 265 g/mol. The van der Waals surface area contributed by atoms with Gasteiger partial charge in [0.2, 0.25) is 5.91 Å². The molecule has 0 unspecified atom stereocenters. The Kier molecular flexibility index (Phi) is 3.33. The van der Waals surface area contributed by atoms with Gasteiger partial charge in [-0.05, 0) is 29.7 Å². The van der Waals surface area contributed by atoms with Crippen molar-refractivity contribution < 1.29 is 9.59 Å². The van der Waals surface area contributed by atoms with Gasteiger partial charge in [-0.2, -0.15) is 0 Å². The van der Waals surface area contributed by atoms with Gasteiger partial charge in [0.05, 0.1) is 0 Å². The first-order valence-electron chi connectivity index (χ1n) is 6.76. The van der Waals surface area contributed by atoms with Crippen molar-refractivity contribution in [3.8, 4) is 11.1 Å².